The minimum Gasteiger partial charge on any atom is -0.508 e. The molecule has 2 aromatic carbocycles. The van der Waals surface area contributed by atoms with E-state index in [0.29, 0.717) is 11.8 Å². The largest absolute Gasteiger partial charge is 0.508 e. The molecule has 0 aliphatic carbocycles. The zero-order valence-corrected chi connectivity index (χ0v) is 15.3. The van der Waals surface area contributed by atoms with Gasteiger partial charge >= 0.3 is 0 Å². The van der Waals surface area contributed by atoms with Crippen LogP contribution >= 0.6 is 23.4 Å². The van der Waals surface area contributed by atoms with Gasteiger partial charge in [0.1, 0.15) is 5.75 Å². The number of hydrogen-bond acceptors (Lipinski definition) is 4. The molecular formula is C19H21ClN2OS. The smallest absolute Gasteiger partial charge is 0.116 e. The molecular weight excluding hydrogens is 340 g/mol. The molecule has 1 atom stereocenters. The van der Waals surface area contributed by atoms with Gasteiger partial charge in [0.2, 0.25) is 0 Å². The normalized spacial score (nSPS) is 21.8. The monoisotopic (exact) mass is 360 g/mol. The maximum absolute atomic E-state index is 9.87. The number of rotatable bonds is 1. The second kappa shape index (κ2) is 6.60. The van der Waals surface area contributed by atoms with E-state index in [1.807, 2.05) is 12.1 Å². The number of piperazine rings is 1. The average Bonchev–Trinajstić information content (AvgIpc) is 2.72. The Kier molecular flexibility index (Phi) is 4.48. The van der Waals surface area contributed by atoms with Gasteiger partial charge in [-0.15, -0.1) is 0 Å². The summed E-state index contributed by atoms with van der Waals surface area (Å²) in [6, 6.07) is 12.3. The summed E-state index contributed by atoms with van der Waals surface area (Å²) < 4.78 is 0. The third-order valence-electron chi connectivity index (χ3n) is 4.99. The summed E-state index contributed by atoms with van der Waals surface area (Å²) in [6.45, 7) is 4.35. The number of phenols is 1. The van der Waals surface area contributed by atoms with Gasteiger partial charge in [0.05, 0.1) is 0 Å². The molecule has 2 aromatic rings. The van der Waals surface area contributed by atoms with E-state index in [9.17, 15) is 5.11 Å². The highest BCUT2D eigenvalue weighted by Crippen LogP contribution is 2.44. The molecule has 0 radical (unpaired) electrons. The van der Waals surface area contributed by atoms with Crippen LogP contribution in [0.2, 0.25) is 5.02 Å². The molecule has 0 aromatic heterocycles. The Labute approximate surface area is 152 Å². The van der Waals surface area contributed by atoms with Crippen molar-refractivity contribution in [2.24, 2.45) is 0 Å². The lowest BCUT2D eigenvalue weighted by atomic mass is 9.96. The number of fused-ring (bicyclic) bond motifs is 2. The lowest BCUT2D eigenvalue weighted by Crippen LogP contribution is -2.46. The summed E-state index contributed by atoms with van der Waals surface area (Å²) in [5.74, 6) is 0.329. The lowest BCUT2D eigenvalue weighted by Gasteiger charge is -2.38. The van der Waals surface area contributed by atoms with Crippen molar-refractivity contribution >= 4 is 23.4 Å². The van der Waals surface area contributed by atoms with Gasteiger partial charge in [-0.2, -0.15) is 0 Å². The molecule has 4 rings (SSSR count). The maximum atomic E-state index is 9.87. The summed E-state index contributed by atoms with van der Waals surface area (Å²) in [5.41, 5.74) is 2.61. The summed E-state index contributed by atoms with van der Waals surface area (Å²) in [7, 11) is 2.18. The van der Waals surface area contributed by atoms with Gasteiger partial charge in [0.25, 0.3) is 0 Å². The second-order valence-corrected chi connectivity index (χ2v) is 8.16. The second-order valence-electron chi connectivity index (χ2n) is 6.64. The Morgan fingerprint density at radius 1 is 1.04 bits per heavy atom. The molecule has 5 heteroatoms. The molecule has 3 nitrogen and oxygen atoms in total. The quantitative estimate of drug-likeness (QED) is 0.830. The van der Waals surface area contributed by atoms with Crippen LogP contribution in [-0.4, -0.2) is 48.1 Å². The highest BCUT2D eigenvalue weighted by Gasteiger charge is 2.29. The fraction of sp³-hybridized carbons (Fsp3) is 0.368. The number of benzene rings is 2. The predicted molar refractivity (Wildman–Crippen MR) is 99.2 cm³/mol. The van der Waals surface area contributed by atoms with Crippen molar-refractivity contribution in [2.75, 3.05) is 33.2 Å². The lowest BCUT2D eigenvalue weighted by molar-refractivity contribution is 0.110. The van der Waals surface area contributed by atoms with E-state index in [-0.39, 0.29) is 0 Å². The highest BCUT2D eigenvalue weighted by atomic mass is 35.5. The first-order chi connectivity index (χ1) is 11.6. The molecule has 0 spiro atoms. The molecule has 24 heavy (non-hydrogen) atoms. The molecule has 126 valence electrons. The van der Waals surface area contributed by atoms with E-state index in [1.54, 1.807) is 17.8 Å². The van der Waals surface area contributed by atoms with E-state index >= 15 is 0 Å². The van der Waals surface area contributed by atoms with E-state index in [1.165, 1.54) is 16.0 Å². The summed E-state index contributed by atoms with van der Waals surface area (Å²) in [4.78, 5) is 7.35. The van der Waals surface area contributed by atoms with E-state index in [0.717, 1.165) is 42.5 Å². The Morgan fingerprint density at radius 3 is 2.62 bits per heavy atom. The maximum Gasteiger partial charge on any atom is 0.116 e. The molecule has 0 bridgehead atoms. The van der Waals surface area contributed by atoms with Crippen LogP contribution in [0.25, 0.3) is 0 Å². The van der Waals surface area contributed by atoms with Crippen LogP contribution in [0.1, 0.15) is 17.2 Å². The van der Waals surface area contributed by atoms with Crippen LogP contribution in [0, 0.1) is 0 Å². The Bertz CT molecular complexity index is 759. The van der Waals surface area contributed by atoms with Crippen molar-refractivity contribution in [3.63, 3.8) is 0 Å². The molecule has 1 fully saturated rings. The van der Waals surface area contributed by atoms with Gasteiger partial charge in [-0.05, 0) is 54.9 Å². The Balaban J connectivity index is 1.77. The van der Waals surface area contributed by atoms with E-state index in [2.05, 4.69) is 35.0 Å². The number of aromatic hydroxyl groups is 1. The summed E-state index contributed by atoms with van der Waals surface area (Å²) in [6.07, 6.45) is 0.958. The van der Waals surface area contributed by atoms with Crippen LogP contribution in [-0.2, 0) is 6.42 Å². The van der Waals surface area contributed by atoms with Crippen LogP contribution < -0.4 is 0 Å². The molecule has 1 saturated heterocycles. The fourth-order valence-corrected chi connectivity index (χ4v) is 4.90. The summed E-state index contributed by atoms with van der Waals surface area (Å²) in [5, 5.41) is 10.7. The molecule has 0 unspecified atom stereocenters. The zero-order valence-electron chi connectivity index (χ0n) is 13.7. The van der Waals surface area contributed by atoms with E-state index in [4.69, 9.17) is 11.6 Å². The van der Waals surface area contributed by atoms with Crippen molar-refractivity contribution in [2.45, 2.75) is 22.3 Å². The number of halogens is 1. The fourth-order valence-electron chi connectivity index (χ4n) is 3.58. The van der Waals surface area contributed by atoms with Crippen LogP contribution in [0.5, 0.6) is 5.75 Å². The van der Waals surface area contributed by atoms with Crippen molar-refractivity contribution in [1.29, 1.82) is 0 Å². The number of hydrogen-bond donors (Lipinski definition) is 1. The number of likely N-dealkylation sites (N-methyl/N-ethyl adjacent to an activating group) is 1. The first-order valence-electron chi connectivity index (χ1n) is 8.32. The SMILES string of the molecule is CN1CCN([C@H]2Cc3ccc(O)cc3Sc3ccc(Cl)cc32)CC1. The Hall–Kier alpha value is -1.20. The third-order valence-corrected chi connectivity index (χ3v) is 6.42. The van der Waals surface area contributed by atoms with Crippen molar-refractivity contribution < 1.29 is 5.11 Å². The van der Waals surface area contributed by atoms with E-state index < -0.39 is 0 Å². The van der Waals surface area contributed by atoms with Crippen molar-refractivity contribution in [3.8, 4) is 5.75 Å². The molecule has 2 aliphatic rings. The average molecular weight is 361 g/mol. The van der Waals surface area contributed by atoms with Gasteiger partial charge in [-0.1, -0.05) is 29.4 Å². The number of nitrogens with zero attached hydrogens (tertiary/aromatic N) is 2. The molecule has 2 heterocycles. The first kappa shape index (κ1) is 16.3. The minimum absolute atomic E-state index is 0.329. The van der Waals surface area contributed by atoms with Gasteiger partial charge in [-0.25, -0.2) is 0 Å². The Morgan fingerprint density at radius 2 is 1.83 bits per heavy atom. The standard InChI is InChI=1S/C19H21ClN2OS/c1-21-6-8-22(9-7-21)17-10-13-2-4-15(23)12-19(13)24-18-5-3-14(20)11-16(17)18/h2-5,11-12,17,23H,6-10H2,1H3/t17-/m0/s1. The molecule has 2 aliphatic heterocycles. The molecule has 0 saturated carbocycles. The van der Waals surface area contributed by atoms with Gasteiger partial charge in [0.15, 0.2) is 0 Å². The number of phenolic OH excluding ortho intramolecular Hbond substituents is 1. The topological polar surface area (TPSA) is 26.7 Å². The van der Waals surface area contributed by atoms with Crippen molar-refractivity contribution in [1.82, 2.24) is 9.80 Å². The zero-order chi connectivity index (χ0) is 16.7. The van der Waals surface area contributed by atoms with Gasteiger partial charge < -0.3 is 10.0 Å². The first-order valence-corrected chi connectivity index (χ1v) is 9.51. The third kappa shape index (κ3) is 3.16. The minimum atomic E-state index is 0.329. The van der Waals surface area contributed by atoms with Crippen LogP contribution in [0.3, 0.4) is 0 Å². The van der Waals surface area contributed by atoms with Crippen molar-refractivity contribution in [3.05, 3.63) is 52.5 Å². The van der Waals surface area contributed by atoms with Crippen LogP contribution in [0.4, 0.5) is 0 Å². The molecule has 0 amide bonds. The van der Waals surface area contributed by atoms with Crippen LogP contribution in [0.15, 0.2) is 46.2 Å². The summed E-state index contributed by atoms with van der Waals surface area (Å²) >= 11 is 8.06. The van der Waals surface area contributed by atoms with Gasteiger partial charge in [-0.3, -0.25) is 4.90 Å². The molecule has 1 N–H and O–H groups in total. The predicted octanol–water partition coefficient (Wildman–Crippen LogP) is 4.04. The van der Waals surface area contributed by atoms with Gasteiger partial charge in [0, 0.05) is 47.0 Å². The highest BCUT2D eigenvalue weighted by molar-refractivity contribution is 7.99.